The minimum Gasteiger partial charge on any atom is -0.466 e. The molecule has 0 aromatic rings. The van der Waals surface area contributed by atoms with Gasteiger partial charge in [0.2, 0.25) is 0 Å². The Morgan fingerprint density at radius 3 is 2.65 bits per heavy atom. The van der Waals surface area contributed by atoms with Crippen LogP contribution in [-0.4, -0.2) is 53.5 Å². The highest BCUT2D eigenvalue weighted by molar-refractivity contribution is 5.90. The summed E-state index contributed by atoms with van der Waals surface area (Å²) in [6, 6.07) is 0. The summed E-state index contributed by atoms with van der Waals surface area (Å²) in [7, 11) is 1.25. The molecule has 96 valence electrons. The summed E-state index contributed by atoms with van der Waals surface area (Å²) in [5, 5.41) is 19.4. The maximum atomic E-state index is 11.6. The molecule has 0 saturated carbocycles. The molecule has 6 heteroatoms. The van der Waals surface area contributed by atoms with Gasteiger partial charge in [-0.2, -0.15) is 0 Å². The SMILES string of the molecule is COC(=O)C1=C[C@H](O)[C@@H](O)[C@@H]2OC(C)(C)O[C@H]12. The number of aliphatic hydroxyl groups excluding tert-OH is 2. The number of methoxy groups -OCH3 is 1. The molecule has 2 N–H and O–H groups in total. The van der Waals surface area contributed by atoms with Crippen molar-refractivity contribution in [3.05, 3.63) is 11.6 Å². The van der Waals surface area contributed by atoms with Gasteiger partial charge in [-0.15, -0.1) is 0 Å². The molecule has 0 aromatic heterocycles. The fraction of sp³-hybridized carbons (Fsp3) is 0.727. The Balaban J connectivity index is 2.34. The van der Waals surface area contributed by atoms with E-state index in [-0.39, 0.29) is 5.57 Å². The fourth-order valence-corrected chi connectivity index (χ4v) is 2.15. The Morgan fingerprint density at radius 2 is 2.06 bits per heavy atom. The Labute approximate surface area is 98.8 Å². The zero-order valence-corrected chi connectivity index (χ0v) is 9.91. The molecule has 0 radical (unpaired) electrons. The predicted molar refractivity (Wildman–Crippen MR) is 55.9 cm³/mol. The van der Waals surface area contributed by atoms with Crippen molar-refractivity contribution in [1.82, 2.24) is 0 Å². The molecule has 2 rings (SSSR count). The standard InChI is InChI=1S/C11H16O6/c1-11(2)16-8-5(10(14)15-3)4-6(12)7(13)9(8)17-11/h4,6-9,12-13H,1-3H3/t6-,7+,8+,9-/m0/s1. The van der Waals surface area contributed by atoms with Crippen molar-refractivity contribution in [1.29, 1.82) is 0 Å². The van der Waals surface area contributed by atoms with Gasteiger partial charge in [-0.05, 0) is 19.9 Å². The van der Waals surface area contributed by atoms with Gasteiger partial charge in [0, 0.05) is 0 Å². The molecular formula is C11H16O6. The molecule has 0 amide bonds. The summed E-state index contributed by atoms with van der Waals surface area (Å²) in [5.74, 6) is -1.50. The first-order chi connectivity index (χ1) is 7.85. The number of carbonyl (C=O) groups excluding carboxylic acids is 1. The van der Waals surface area contributed by atoms with Crippen LogP contribution >= 0.6 is 0 Å². The number of aliphatic hydroxyl groups is 2. The highest BCUT2D eigenvalue weighted by Gasteiger charge is 2.52. The zero-order chi connectivity index (χ0) is 12.8. The van der Waals surface area contributed by atoms with Crippen LogP contribution in [0.4, 0.5) is 0 Å². The first-order valence-electron chi connectivity index (χ1n) is 5.37. The third kappa shape index (κ3) is 2.09. The van der Waals surface area contributed by atoms with E-state index < -0.39 is 36.2 Å². The molecule has 1 aliphatic heterocycles. The van der Waals surface area contributed by atoms with Gasteiger partial charge in [-0.3, -0.25) is 0 Å². The van der Waals surface area contributed by atoms with Gasteiger partial charge in [0.05, 0.1) is 12.7 Å². The quantitative estimate of drug-likeness (QED) is 0.596. The lowest BCUT2D eigenvalue weighted by atomic mass is 9.89. The molecule has 1 aliphatic carbocycles. The third-order valence-corrected chi connectivity index (χ3v) is 2.89. The van der Waals surface area contributed by atoms with Crippen molar-refractivity contribution < 1.29 is 29.2 Å². The van der Waals surface area contributed by atoms with E-state index in [9.17, 15) is 15.0 Å². The highest BCUT2D eigenvalue weighted by atomic mass is 16.8. The number of rotatable bonds is 1. The molecule has 17 heavy (non-hydrogen) atoms. The normalized spacial score (nSPS) is 39.5. The van der Waals surface area contributed by atoms with Crippen LogP contribution < -0.4 is 0 Å². The van der Waals surface area contributed by atoms with E-state index in [1.165, 1.54) is 13.2 Å². The largest absolute Gasteiger partial charge is 0.466 e. The van der Waals surface area contributed by atoms with Gasteiger partial charge in [0.1, 0.15) is 24.4 Å². The average molecular weight is 244 g/mol. The van der Waals surface area contributed by atoms with E-state index in [2.05, 4.69) is 4.74 Å². The van der Waals surface area contributed by atoms with Crippen LogP contribution in [0.5, 0.6) is 0 Å². The second-order valence-corrected chi connectivity index (χ2v) is 4.62. The number of ether oxygens (including phenoxy) is 3. The van der Waals surface area contributed by atoms with Crippen LogP contribution in [0.15, 0.2) is 11.6 Å². The monoisotopic (exact) mass is 244 g/mol. The molecule has 1 fully saturated rings. The van der Waals surface area contributed by atoms with Crippen LogP contribution in [0.1, 0.15) is 13.8 Å². The van der Waals surface area contributed by atoms with E-state index in [1.807, 2.05) is 0 Å². The first-order valence-corrected chi connectivity index (χ1v) is 5.37. The van der Waals surface area contributed by atoms with Crippen molar-refractivity contribution in [3.63, 3.8) is 0 Å². The smallest absolute Gasteiger partial charge is 0.336 e. The van der Waals surface area contributed by atoms with E-state index >= 15 is 0 Å². The van der Waals surface area contributed by atoms with Crippen molar-refractivity contribution in [2.45, 2.75) is 44.1 Å². The van der Waals surface area contributed by atoms with Crippen LogP contribution in [-0.2, 0) is 19.0 Å². The van der Waals surface area contributed by atoms with Gasteiger partial charge in [-0.1, -0.05) is 0 Å². The van der Waals surface area contributed by atoms with Gasteiger partial charge < -0.3 is 24.4 Å². The Bertz CT molecular complexity index is 361. The lowest BCUT2D eigenvalue weighted by Crippen LogP contribution is -2.48. The number of hydrogen-bond acceptors (Lipinski definition) is 6. The van der Waals surface area contributed by atoms with E-state index in [4.69, 9.17) is 9.47 Å². The van der Waals surface area contributed by atoms with Crippen molar-refractivity contribution in [2.75, 3.05) is 7.11 Å². The topological polar surface area (TPSA) is 85.2 Å². The van der Waals surface area contributed by atoms with Crippen LogP contribution in [0.2, 0.25) is 0 Å². The second-order valence-electron chi connectivity index (χ2n) is 4.62. The molecule has 4 atom stereocenters. The molecule has 1 saturated heterocycles. The first kappa shape index (κ1) is 12.5. The highest BCUT2D eigenvalue weighted by Crippen LogP contribution is 2.37. The second kappa shape index (κ2) is 4.06. The molecule has 0 bridgehead atoms. The minimum atomic E-state index is -1.16. The summed E-state index contributed by atoms with van der Waals surface area (Å²) in [5.41, 5.74) is 0.181. The van der Waals surface area contributed by atoms with Crippen LogP contribution in [0, 0.1) is 0 Å². The van der Waals surface area contributed by atoms with Gasteiger partial charge in [0.25, 0.3) is 0 Å². The lowest BCUT2D eigenvalue weighted by Gasteiger charge is -2.30. The molecule has 0 unspecified atom stereocenters. The van der Waals surface area contributed by atoms with Crippen molar-refractivity contribution in [3.8, 4) is 0 Å². The van der Waals surface area contributed by atoms with Crippen LogP contribution in [0.3, 0.4) is 0 Å². The Morgan fingerprint density at radius 1 is 1.41 bits per heavy atom. The summed E-state index contributed by atoms with van der Waals surface area (Å²) >= 11 is 0. The third-order valence-electron chi connectivity index (χ3n) is 2.89. The minimum absolute atomic E-state index is 0.181. The van der Waals surface area contributed by atoms with E-state index in [0.717, 1.165) is 0 Å². The summed E-state index contributed by atoms with van der Waals surface area (Å²) in [4.78, 5) is 11.6. The lowest BCUT2D eigenvalue weighted by molar-refractivity contribution is -0.158. The molecule has 0 spiro atoms. The molecule has 2 aliphatic rings. The van der Waals surface area contributed by atoms with Crippen LogP contribution in [0.25, 0.3) is 0 Å². The van der Waals surface area contributed by atoms with Crippen molar-refractivity contribution >= 4 is 5.97 Å². The Kier molecular flexibility index (Phi) is 2.99. The van der Waals surface area contributed by atoms with E-state index in [1.54, 1.807) is 13.8 Å². The number of hydrogen-bond donors (Lipinski definition) is 2. The fourth-order valence-electron chi connectivity index (χ4n) is 2.15. The summed E-state index contributed by atoms with van der Waals surface area (Å²) in [6.45, 7) is 3.36. The average Bonchev–Trinajstić information content (AvgIpc) is 2.58. The number of esters is 1. The Hall–Kier alpha value is -0.950. The van der Waals surface area contributed by atoms with Gasteiger partial charge in [-0.25, -0.2) is 4.79 Å². The predicted octanol–water partition coefficient (Wildman–Crippen LogP) is -0.659. The van der Waals surface area contributed by atoms with Crippen molar-refractivity contribution in [2.24, 2.45) is 0 Å². The maximum Gasteiger partial charge on any atom is 0.336 e. The van der Waals surface area contributed by atoms with Gasteiger partial charge in [0.15, 0.2) is 5.79 Å². The summed E-state index contributed by atoms with van der Waals surface area (Å²) in [6.07, 6.45) is -2.50. The zero-order valence-electron chi connectivity index (χ0n) is 9.91. The molecule has 1 heterocycles. The number of carbonyl (C=O) groups is 1. The van der Waals surface area contributed by atoms with E-state index in [0.29, 0.717) is 0 Å². The molecule has 0 aromatic carbocycles. The molecular weight excluding hydrogens is 228 g/mol. The maximum absolute atomic E-state index is 11.6. The molecule has 6 nitrogen and oxygen atoms in total. The van der Waals surface area contributed by atoms with Gasteiger partial charge >= 0.3 is 5.97 Å². The summed E-state index contributed by atoms with van der Waals surface area (Å²) < 4.78 is 15.6. The number of fused-ring (bicyclic) bond motifs is 1.